The third kappa shape index (κ3) is 5.99. The van der Waals surface area contributed by atoms with Crippen molar-refractivity contribution in [3.8, 4) is 0 Å². The second-order valence-corrected chi connectivity index (χ2v) is 6.30. The van der Waals surface area contributed by atoms with Crippen LogP contribution in [-0.2, 0) is 4.74 Å². The Hall–Kier alpha value is -2.30. The molecule has 0 saturated heterocycles. The van der Waals surface area contributed by atoms with E-state index in [9.17, 15) is 9.59 Å². The summed E-state index contributed by atoms with van der Waals surface area (Å²) in [6, 6.07) is 5.18. The lowest BCUT2D eigenvalue weighted by Crippen LogP contribution is -2.27. The van der Waals surface area contributed by atoms with Crippen molar-refractivity contribution >= 4 is 17.6 Å². The fraction of sp³-hybridized carbons (Fsp3) is 0.412. The molecule has 0 aliphatic carbocycles. The number of hydrogen-bond donors (Lipinski definition) is 1. The number of benzene rings is 1. The Kier molecular flexibility index (Phi) is 5.74. The number of ketones is 1. The SMILES string of the molecule is Cc1ccc(C(=O)C=CN(C)C)cc1NC(=O)OC(C)(C)C. The van der Waals surface area contributed by atoms with E-state index >= 15 is 0 Å². The van der Waals surface area contributed by atoms with E-state index in [0.29, 0.717) is 11.3 Å². The molecular formula is C17H24N2O3. The fourth-order valence-electron chi connectivity index (χ4n) is 1.64. The number of nitrogens with zero attached hydrogens (tertiary/aromatic N) is 1. The van der Waals surface area contributed by atoms with Crippen molar-refractivity contribution in [2.24, 2.45) is 0 Å². The molecule has 0 spiro atoms. The van der Waals surface area contributed by atoms with Gasteiger partial charge in [0.25, 0.3) is 0 Å². The van der Waals surface area contributed by atoms with Gasteiger partial charge in [0.05, 0.1) is 0 Å². The molecular weight excluding hydrogens is 280 g/mol. The van der Waals surface area contributed by atoms with Crippen LogP contribution < -0.4 is 5.32 Å². The lowest BCUT2D eigenvalue weighted by atomic mass is 10.1. The summed E-state index contributed by atoms with van der Waals surface area (Å²) < 4.78 is 5.22. The third-order valence-electron chi connectivity index (χ3n) is 2.68. The van der Waals surface area contributed by atoms with Crippen molar-refractivity contribution < 1.29 is 14.3 Å². The maximum absolute atomic E-state index is 12.1. The Morgan fingerprint density at radius 2 is 1.86 bits per heavy atom. The lowest BCUT2D eigenvalue weighted by Gasteiger charge is -2.20. The average Bonchev–Trinajstić information content (AvgIpc) is 2.36. The largest absolute Gasteiger partial charge is 0.444 e. The molecule has 0 radical (unpaired) electrons. The van der Waals surface area contributed by atoms with Gasteiger partial charge in [0.1, 0.15) is 5.60 Å². The van der Waals surface area contributed by atoms with Crippen molar-refractivity contribution in [1.29, 1.82) is 0 Å². The molecule has 0 aliphatic rings. The highest BCUT2D eigenvalue weighted by Crippen LogP contribution is 2.19. The Morgan fingerprint density at radius 1 is 1.23 bits per heavy atom. The zero-order valence-electron chi connectivity index (χ0n) is 14.1. The Labute approximate surface area is 132 Å². The first-order chi connectivity index (χ1) is 10.1. The van der Waals surface area contributed by atoms with E-state index in [4.69, 9.17) is 4.74 Å². The number of carbonyl (C=O) groups is 2. The first-order valence-electron chi connectivity index (χ1n) is 7.08. The Morgan fingerprint density at radius 3 is 2.41 bits per heavy atom. The number of hydrogen-bond acceptors (Lipinski definition) is 4. The second kappa shape index (κ2) is 7.11. The van der Waals surface area contributed by atoms with E-state index in [1.165, 1.54) is 6.08 Å². The summed E-state index contributed by atoms with van der Waals surface area (Å²) in [5.74, 6) is -0.124. The molecule has 120 valence electrons. The highest BCUT2D eigenvalue weighted by atomic mass is 16.6. The van der Waals surface area contributed by atoms with Crippen LogP contribution >= 0.6 is 0 Å². The number of allylic oxidation sites excluding steroid dienone is 1. The summed E-state index contributed by atoms with van der Waals surface area (Å²) in [7, 11) is 3.68. The van der Waals surface area contributed by atoms with Gasteiger partial charge >= 0.3 is 6.09 Å². The van der Waals surface area contributed by atoms with Crippen molar-refractivity contribution in [3.63, 3.8) is 0 Å². The lowest BCUT2D eigenvalue weighted by molar-refractivity contribution is 0.0635. The van der Waals surface area contributed by atoms with Gasteiger partial charge < -0.3 is 9.64 Å². The zero-order chi connectivity index (χ0) is 16.9. The van der Waals surface area contributed by atoms with Crippen LogP contribution in [0, 0.1) is 6.92 Å². The molecule has 0 atom stereocenters. The van der Waals surface area contributed by atoms with E-state index in [1.807, 2.05) is 21.0 Å². The molecule has 1 amide bonds. The van der Waals surface area contributed by atoms with Gasteiger partial charge in [-0.15, -0.1) is 0 Å². The summed E-state index contributed by atoms with van der Waals surface area (Å²) >= 11 is 0. The molecule has 0 fully saturated rings. The van der Waals surface area contributed by atoms with Crippen LogP contribution in [0.4, 0.5) is 10.5 Å². The Balaban J connectivity index is 2.91. The third-order valence-corrected chi connectivity index (χ3v) is 2.68. The molecule has 0 aliphatic heterocycles. The highest BCUT2D eigenvalue weighted by molar-refractivity contribution is 6.05. The second-order valence-electron chi connectivity index (χ2n) is 6.30. The number of rotatable bonds is 4. The van der Waals surface area contributed by atoms with Crippen LogP contribution in [0.25, 0.3) is 0 Å². The predicted octanol–water partition coefficient (Wildman–Crippen LogP) is 3.60. The molecule has 0 heterocycles. The van der Waals surface area contributed by atoms with Gasteiger partial charge in [-0.3, -0.25) is 10.1 Å². The van der Waals surface area contributed by atoms with E-state index in [-0.39, 0.29) is 5.78 Å². The average molecular weight is 304 g/mol. The van der Waals surface area contributed by atoms with Crippen molar-refractivity contribution in [1.82, 2.24) is 4.90 Å². The topological polar surface area (TPSA) is 58.6 Å². The van der Waals surface area contributed by atoms with Crippen LogP contribution in [0.5, 0.6) is 0 Å². The van der Waals surface area contributed by atoms with Gasteiger partial charge in [-0.25, -0.2) is 4.79 Å². The molecule has 0 unspecified atom stereocenters. The predicted molar refractivity (Wildman–Crippen MR) is 88.2 cm³/mol. The number of carbonyl (C=O) groups excluding carboxylic acids is 2. The van der Waals surface area contributed by atoms with Crippen LogP contribution in [-0.4, -0.2) is 36.5 Å². The van der Waals surface area contributed by atoms with Crippen molar-refractivity contribution in [2.45, 2.75) is 33.3 Å². The van der Waals surface area contributed by atoms with Crippen LogP contribution in [0.2, 0.25) is 0 Å². The van der Waals surface area contributed by atoms with Crippen LogP contribution in [0.3, 0.4) is 0 Å². The number of anilines is 1. The number of aryl methyl sites for hydroxylation is 1. The van der Waals surface area contributed by atoms with Gasteiger partial charge in [0.15, 0.2) is 5.78 Å². The molecule has 5 nitrogen and oxygen atoms in total. The van der Waals surface area contributed by atoms with Crippen molar-refractivity contribution in [2.75, 3.05) is 19.4 Å². The maximum atomic E-state index is 12.1. The standard InChI is InChI=1S/C17H24N2O3/c1-12-7-8-13(15(20)9-10-19(5)6)11-14(12)18-16(21)22-17(2,3)4/h7-11H,1-6H3,(H,18,21). The van der Waals surface area contributed by atoms with E-state index in [0.717, 1.165) is 5.56 Å². The Bertz CT molecular complexity index is 584. The normalized spacial score (nSPS) is 11.4. The van der Waals surface area contributed by atoms with Gasteiger partial charge in [-0.05, 0) is 39.3 Å². The quantitative estimate of drug-likeness (QED) is 0.682. The summed E-state index contributed by atoms with van der Waals surface area (Å²) in [5, 5.41) is 2.68. The minimum Gasteiger partial charge on any atom is -0.444 e. The summed E-state index contributed by atoms with van der Waals surface area (Å²) in [4.78, 5) is 25.7. The molecule has 22 heavy (non-hydrogen) atoms. The van der Waals surface area contributed by atoms with Crippen LogP contribution in [0.15, 0.2) is 30.5 Å². The molecule has 1 aromatic rings. The first kappa shape index (κ1) is 17.8. The van der Waals surface area contributed by atoms with E-state index in [2.05, 4.69) is 5.32 Å². The molecule has 0 aromatic heterocycles. The fourth-order valence-corrected chi connectivity index (χ4v) is 1.64. The summed E-state index contributed by atoms with van der Waals surface area (Å²) in [6.45, 7) is 7.25. The van der Waals surface area contributed by atoms with Gasteiger partial charge in [0.2, 0.25) is 0 Å². The smallest absolute Gasteiger partial charge is 0.412 e. The molecule has 1 rings (SSSR count). The molecule has 5 heteroatoms. The van der Waals surface area contributed by atoms with Crippen molar-refractivity contribution in [3.05, 3.63) is 41.6 Å². The molecule has 0 saturated carbocycles. The number of ether oxygens (including phenoxy) is 1. The molecule has 1 aromatic carbocycles. The van der Waals surface area contributed by atoms with Crippen LogP contribution in [0.1, 0.15) is 36.7 Å². The van der Waals surface area contributed by atoms with Gasteiger partial charge in [-0.2, -0.15) is 0 Å². The van der Waals surface area contributed by atoms with E-state index in [1.54, 1.807) is 50.1 Å². The minimum absolute atomic E-state index is 0.124. The maximum Gasteiger partial charge on any atom is 0.412 e. The zero-order valence-corrected chi connectivity index (χ0v) is 14.1. The highest BCUT2D eigenvalue weighted by Gasteiger charge is 2.17. The summed E-state index contributed by atoms with van der Waals surface area (Å²) in [5.41, 5.74) is 1.37. The summed E-state index contributed by atoms with van der Waals surface area (Å²) in [6.07, 6.45) is 2.63. The van der Waals surface area contributed by atoms with Gasteiger partial charge in [0, 0.05) is 37.6 Å². The minimum atomic E-state index is -0.570. The monoisotopic (exact) mass is 304 g/mol. The van der Waals surface area contributed by atoms with E-state index < -0.39 is 11.7 Å². The number of nitrogens with one attached hydrogen (secondary N) is 1. The molecule has 1 N–H and O–H groups in total. The first-order valence-corrected chi connectivity index (χ1v) is 7.08. The molecule has 0 bridgehead atoms. The van der Waals surface area contributed by atoms with Gasteiger partial charge in [-0.1, -0.05) is 12.1 Å². The number of amides is 1.